The zero-order valence-electron chi connectivity index (χ0n) is 19.6. The van der Waals surface area contributed by atoms with E-state index in [2.05, 4.69) is 61.8 Å². The third-order valence-electron chi connectivity index (χ3n) is 5.55. The molecule has 0 radical (unpaired) electrons. The lowest BCUT2D eigenvalue weighted by Gasteiger charge is -2.27. The first kappa shape index (κ1) is 25.9. The van der Waals surface area contributed by atoms with Crippen molar-refractivity contribution in [1.82, 2.24) is 34.8 Å². The summed E-state index contributed by atoms with van der Waals surface area (Å²) in [6.07, 6.45) is 0. The molecule has 0 spiro atoms. The number of nitrogens with two attached hydrogens (primary N) is 1. The summed E-state index contributed by atoms with van der Waals surface area (Å²) in [4.78, 5) is 23.0. The zero-order chi connectivity index (χ0) is 25.2. The fraction of sp³-hybridized carbons (Fsp3) is 0.500. The van der Waals surface area contributed by atoms with Crippen molar-refractivity contribution in [2.45, 2.75) is 34.2 Å². The smallest absolute Gasteiger partial charge is 0.226 e. The number of hydrogen-bond donors (Lipinski definition) is 1. The van der Waals surface area contributed by atoms with Crippen LogP contribution in [0.2, 0.25) is 0 Å². The molecule has 12 nitrogen and oxygen atoms in total. The molecule has 0 atom stereocenters. The van der Waals surface area contributed by atoms with Crippen LogP contribution >= 0.6 is 55.4 Å². The van der Waals surface area contributed by atoms with Crippen molar-refractivity contribution < 1.29 is 9.47 Å². The maximum Gasteiger partial charge on any atom is 0.226 e. The molecule has 5 heterocycles. The molecule has 0 aliphatic carbocycles. The van der Waals surface area contributed by atoms with Crippen LogP contribution in [0.4, 0.5) is 11.9 Å². The predicted molar refractivity (Wildman–Crippen MR) is 143 cm³/mol. The highest BCUT2D eigenvalue weighted by molar-refractivity contribution is 9.10. The number of anilines is 2. The van der Waals surface area contributed by atoms with Gasteiger partial charge in [-0.1, -0.05) is 0 Å². The summed E-state index contributed by atoms with van der Waals surface area (Å²) in [6, 6.07) is 0. The predicted octanol–water partition coefficient (Wildman–Crippen LogP) is 2.69. The van der Waals surface area contributed by atoms with Crippen LogP contribution in [0.5, 0.6) is 0 Å². The number of nitrogens with zero attached hydrogens (tertiary/aromatic N) is 9. The van der Waals surface area contributed by atoms with E-state index in [1.807, 2.05) is 13.8 Å². The van der Waals surface area contributed by atoms with Crippen molar-refractivity contribution >= 4 is 67.3 Å². The average Bonchev–Trinajstić information content (AvgIpc) is 3.24. The minimum absolute atomic E-state index is 0.500. The van der Waals surface area contributed by atoms with E-state index in [-0.39, 0.29) is 0 Å². The molecule has 0 unspecified atom stereocenters. The van der Waals surface area contributed by atoms with Crippen LogP contribution in [-0.2, 0) is 9.47 Å². The standard InChI is InChI=1S/C20H24Br2N10O2S2/c1-11-13(21)15(26-17(24-11)30-3-7-33-8-4-30)35-19-28-29-20(32(19)23)36-16-14(22)12(2)25-18(27-16)31-5-9-34-10-6-31/h3-10,23H2,1-2H3. The molecule has 2 aliphatic rings. The Kier molecular flexibility index (Phi) is 8.17. The van der Waals surface area contributed by atoms with E-state index in [1.165, 1.54) is 28.2 Å². The Morgan fingerprint density at radius 1 is 0.694 bits per heavy atom. The van der Waals surface area contributed by atoms with Gasteiger partial charge in [0.2, 0.25) is 22.2 Å². The minimum Gasteiger partial charge on any atom is -0.378 e. The lowest BCUT2D eigenvalue weighted by molar-refractivity contribution is 0.122. The molecule has 3 aromatic heterocycles. The summed E-state index contributed by atoms with van der Waals surface area (Å²) < 4.78 is 14.0. The van der Waals surface area contributed by atoms with E-state index >= 15 is 0 Å². The van der Waals surface area contributed by atoms with Gasteiger partial charge in [0.05, 0.1) is 46.8 Å². The summed E-state index contributed by atoms with van der Waals surface area (Å²) in [5.41, 5.74) is 1.67. The van der Waals surface area contributed by atoms with Gasteiger partial charge in [-0.3, -0.25) is 0 Å². The molecule has 5 rings (SSSR count). The number of aryl methyl sites for hydroxylation is 2. The van der Waals surface area contributed by atoms with Crippen LogP contribution in [0, 0.1) is 13.8 Å². The molecule has 2 N–H and O–H groups in total. The summed E-state index contributed by atoms with van der Waals surface area (Å²) in [5.74, 6) is 7.74. The van der Waals surface area contributed by atoms with E-state index in [1.54, 1.807) is 0 Å². The largest absolute Gasteiger partial charge is 0.378 e. The summed E-state index contributed by atoms with van der Waals surface area (Å²) in [6.45, 7) is 9.50. The van der Waals surface area contributed by atoms with Gasteiger partial charge in [0.15, 0.2) is 0 Å². The van der Waals surface area contributed by atoms with Crippen molar-refractivity contribution in [2.75, 3.05) is 68.2 Å². The number of ether oxygens (including phenoxy) is 2. The third kappa shape index (κ3) is 5.57. The first-order valence-corrected chi connectivity index (χ1v) is 14.4. The quantitative estimate of drug-likeness (QED) is 0.307. The molecule has 36 heavy (non-hydrogen) atoms. The first-order chi connectivity index (χ1) is 17.4. The van der Waals surface area contributed by atoms with E-state index < -0.39 is 0 Å². The van der Waals surface area contributed by atoms with E-state index in [9.17, 15) is 0 Å². The molecule has 3 aromatic rings. The number of hydrogen-bond acceptors (Lipinski definition) is 13. The maximum absolute atomic E-state index is 6.42. The van der Waals surface area contributed by atoms with Gasteiger partial charge in [0.1, 0.15) is 10.1 Å². The van der Waals surface area contributed by atoms with Crippen molar-refractivity contribution in [1.29, 1.82) is 0 Å². The molecule has 2 fully saturated rings. The minimum atomic E-state index is 0.500. The van der Waals surface area contributed by atoms with Crippen LogP contribution in [-0.4, -0.2) is 87.4 Å². The average molecular weight is 660 g/mol. The number of morpholine rings is 2. The van der Waals surface area contributed by atoms with Crippen molar-refractivity contribution in [3.63, 3.8) is 0 Å². The van der Waals surface area contributed by atoms with E-state index in [0.717, 1.165) is 46.5 Å². The normalized spacial score (nSPS) is 16.6. The van der Waals surface area contributed by atoms with E-state index in [4.69, 9.17) is 25.3 Å². The molecule has 0 aromatic carbocycles. The summed E-state index contributed by atoms with van der Waals surface area (Å²) >= 11 is 9.88. The second-order valence-corrected chi connectivity index (χ2v) is 11.5. The molecule has 2 saturated heterocycles. The van der Waals surface area contributed by atoms with Gasteiger partial charge in [-0.2, -0.15) is 0 Å². The number of halogens is 2. The van der Waals surface area contributed by atoms with Gasteiger partial charge in [-0.25, -0.2) is 24.6 Å². The Bertz CT molecular complexity index is 1160. The zero-order valence-corrected chi connectivity index (χ0v) is 24.5. The van der Waals surface area contributed by atoms with Crippen molar-refractivity contribution in [3.05, 3.63) is 20.3 Å². The first-order valence-electron chi connectivity index (χ1n) is 11.2. The lowest BCUT2D eigenvalue weighted by atomic mass is 10.4. The number of nitrogen functional groups attached to an aromatic ring is 1. The van der Waals surface area contributed by atoms with Crippen molar-refractivity contribution in [3.8, 4) is 0 Å². The molecule has 0 saturated carbocycles. The fourth-order valence-corrected chi connectivity index (χ4v) is 6.06. The van der Waals surface area contributed by atoms with Gasteiger partial charge in [-0.15, -0.1) is 10.2 Å². The Balaban J connectivity index is 1.38. The highest BCUT2D eigenvalue weighted by Crippen LogP contribution is 2.37. The topological polar surface area (TPSA) is 133 Å². The van der Waals surface area contributed by atoms with Crippen LogP contribution in [0.1, 0.15) is 11.4 Å². The molecule has 0 amide bonds. The lowest BCUT2D eigenvalue weighted by Crippen LogP contribution is -2.37. The highest BCUT2D eigenvalue weighted by atomic mass is 79.9. The Morgan fingerprint density at radius 3 is 1.47 bits per heavy atom. The van der Waals surface area contributed by atoms with Crippen LogP contribution in [0.25, 0.3) is 0 Å². The number of rotatable bonds is 6. The third-order valence-corrected chi connectivity index (χ3v) is 9.87. The van der Waals surface area contributed by atoms with Crippen LogP contribution < -0.4 is 15.6 Å². The monoisotopic (exact) mass is 658 g/mol. The molecule has 16 heteroatoms. The molecular formula is C20H24Br2N10O2S2. The van der Waals surface area contributed by atoms with Crippen molar-refractivity contribution in [2.24, 2.45) is 0 Å². The van der Waals surface area contributed by atoms with Crippen LogP contribution in [0.3, 0.4) is 0 Å². The van der Waals surface area contributed by atoms with Gasteiger partial charge < -0.3 is 25.1 Å². The molecule has 192 valence electrons. The van der Waals surface area contributed by atoms with E-state index in [0.29, 0.717) is 58.7 Å². The fourth-order valence-electron chi connectivity index (χ4n) is 3.56. The van der Waals surface area contributed by atoms with Gasteiger partial charge >= 0.3 is 0 Å². The molecular weight excluding hydrogens is 636 g/mol. The second kappa shape index (κ2) is 11.3. The molecule has 2 aliphatic heterocycles. The maximum atomic E-state index is 6.42. The van der Waals surface area contributed by atoms with Gasteiger partial charge in [0.25, 0.3) is 0 Å². The molecule has 0 bridgehead atoms. The van der Waals surface area contributed by atoms with Gasteiger partial charge in [-0.05, 0) is 69.2 Å². The Hall–Kier alpha value is -1.72. The highest BCUT2D eigenvalue weighted by Gasteiger charge is 2.23. The summed E-state index contributed by atoms with van der Waals surface area (Å²) in [7, 11) is 0. The summed E-state index contributed by atoms with van der Waals surface area (Å²) in [5, 5.41) is 11.1. The Morgan fingerprint density at radius 2 is 1.08 bits per heavy atom. The SMILES string of the molecule is Cc1nc(N2CCOCC2)nc(Sc2nnc(Sc3nc(N4CCOCC4)nc(C)c3Br)n2N)c1Br. The second-order valence-electron chi connectivity index (χ2n) is 7.99. The Labute approximate surface area is 233 Å². The number of aromatic nitrogens is 7. The van der Waals surface area contributed by atoms with Crippen LogP contribution in [0.15, 0.2) is 29.3 Å². The van der Waals surface area contributed by atoms with Gasteiger partial charge in [0, 0.05) is 26.2 Å².